The molecule has 1 aromatic heterocycles. The lowest BCUT2D eigenvalue weighted by atomic mass is 10.0. The van der Waals surface area contributed by atoms with Crippen molar-refractivity contribution in [1.29, 1.82) is 0 Å². The lowest BCUT2D eigenvalue weighted by Crippen LogP contribution is -2.28. The third-order valence-corrected chi connectivity index (χ3v) is 4.32. The second-order valence-electron chi connectivity index (χ2n) is 3.55. The molecule has 0 saturated carbocycles. The van der Waals surface area contributed by atoms with Crippen LogP contribution in [0.5, 0.6) is 5.75 Å². The van der Waals surface area contributed by atoms with E-state index in [4.69, 9.17) is 10.6 Å². The Hall–Kier alpha value is -0.880. The number of hydrogen-bond donors (Lipinski definition) is 2. The predicted octanol–water partition coefficient (Wildman–Crippen LogP) is 3.07. The van der Waals surface area contributed by atoms with Gasteiger partial charge in [-0.15, -0.1) is 0 Å². The Morgan fingerprint density at radius 2 is 2.00 bits per heavy atom. The van der Waals surface area contributed by atoms with Crippen molar-refractivity contribution in [2.75, 3.05) is 7.11 Å². The van der Waals surface area contributed by atoms with Crippen LogP contribution < -0.4 is 16.0 Å². The molecular formula is C12H13BrN2OS. The Morgan fingerprint density at radius 3 is 2.47 bits per heavy atom. The van der Waals surface area contributed by atoms with Gasteiger partial charge in [-0.2, -0.15) is 11.3 Å². The fourth-order valence-electron chi connectivity index (χ4n) is 1.66. The van der Waals surface area contributed by atoms with Gasteiger partial charge in [0, 0.05) is 9.85 Å². The maximum absolute atomic E-state index is 5.64. The molecule has 1 aromatic carbocycles. The largest absolute Gasteiger partial charge is 0.497 e. The van der Waals surface area contributed by atoms with E-state index in [0.29, 0.717) is 0 Å². The molecule has 0 aliphatic heterocycles. The van der Waals surface area contributed by atoms with Crippen molar-refractivity contribution in [2.45, 2.75) is 6.04 Å². The highest BCUT2D eigenvalue weighted by molar-refractivity contribution is 9.10. The number of hydrogen-bond acceptors (Lipinski definition) is 4. The normalized spacial score (nSPS) is 12.4. The van der Waals surface area contributed by atoms with Gasteiger partial charge in [0.1, 0.15) is 5.75 Å². The van der Waals surface area contributed by atoms with Gasteiger partial charge in [0.2, 0.25) is 0 Å². The fraction of sp³-hybridized carbons (Fsp3) is 0.167. The van der Waals surface area contributed by atoms with E-state index in [1.165, 1.54) is 0 Å². The molecule has 1 atom stereocenters. The van der Waals surface area contributed by atoms with Crippen molar-refractivity contribution < 1.29 is 4.74 Å². The Bertz CT molecular complexity index is 484. The number of hydrazine groups is 1. The van der Waals surface area contributed by atoms with E-state index in [0.717, 1.165) is 21.3 Å². The minimum Gasteiger partial charge on any atom is -0.497 e. The van der Waals surface area contributed by atoms with Gasteiger partial charge in [0.05, 0.1) is 13.2 Å². The average Bonchev–Trinajstić information content (AvgIpc) is 2.78. The van der Waals surface area contributed by atoms with E-state index in [-0.39, 0.29) is 6.04 Å². The summed E-state index contributed by atoms with van der Waals surface area (Å²) in [6, 6.07) is 7.86. The van der Waals surface area contributed by atoms with Crippen LogP contribution in [0.25, 0.3) is 0 Å². The van der Waals surface area contributed by atoms with Crippen LogP contribution in [0, 0.1) is 0 Å². The number of benzene rings is 1. The summed E-state index contributed by atoms with van der Waals surface area (Å²) < 4.78 is 6.21. The molecule has 90 valence electrons. The van der Waals surface area contributed by atoms with E-state index in [1.54, 1.807) is 18.4 Å². The van der Waals surface area contributed by atoms with Crippen LogP contribution in [0.2, 0.25) is 0 Å². The van der Waals surface area contributed by atoms with Crippen LogP contribution in [0.3, 0.4) is 0 Å². The number of nitrogens with two attached hydrogens (primary N) is 1. The maximum Gasteiger partial charge on any atom is 0.118 e. The van der Waals surface area contributed by atoms with Gasteiger partial charge >= 0.3 is 0 Å². The number of nitrogens with one attached hydrogen (secondary N) is 1. The molecule has 17 heavy (non-hydrogen) atoms. The third kappa shape index (κ3) is 2.69. The molecule has 1 heterocycles. The monoisotopic (exact) mass is 312 g/mol. The standard InChI is InChI=1S/C12H13BrN2OS/c1-16-9-4-2-8(3-5-9)12(15-14)10-6-17-7-11(10)13/h2-7,12,15H,14H2,1H3. The molecule has 3 N–H and O–H groups in total. The van der Waals surface area contributed by atoms with Gasteiger partial charge in [-0.1, -0.05) is 12.1 Å². The second kappa shape index (κ2) is 5.64. The molecule has 0 amide bonds. The topological polar surface area (TPSA) is 47.3 Å². The van der Waals surface area contributed by atoms with Crippen LogP contribution >= 0.6 is 27.3 Å². The summed E-state index contributed by atoms with van der Waals surface area (Å²) in [4.78, 5) is 0. The van der Waals surface area contributed by atoms with Crippen molar-refractivity contribution in [3.63, 3.8) is 0 Å². The molecule has 0 aliphatic rings. The van der Waals surface area contributed by atoms with Gasteiger partial charge in [-0.05, 0) is 44.6 Å². The molecule has 2 rings (SSSR count). The zero-order valence-electron chi connectivity index (χ0n) is 9.31. The minimum absolute atomic E-state index is 0.0125. The number of rotatable bonds is 4. The Labute approximate surface area is 113 Å². The van der Waals surface area contributed by atoms with Crippen molar-refractivity contribution in [3.05, 3.63) is 50.6 Å². The van der Waals surface area contributed by atoms with Crippen molar-refractivity contribution in [2.24, 2.45) is 5.84 Å². The smallest absolute Gasteiger partial charge is 0.118 e. The van der Waals surface area contributed by atoms with Gasteiger partial charge in [-0.3, -0.25) is 5.84 Å². The van der Waals surface area contributed by atoms with Crippen LogP contribution in [-0.4, -0.2) is 7.11 Å². The SMILES string of the molecule is COc1ccc(C(NN)c2cscc2Br)cc1. The highest BCUT2D eigenvalue weighted by atomic mass is 79.9. The summed E-state index contributed by atoms with van der Waals surface area (Å²) in [7, 11) is 1.66. The van der Waals surface area contributed by atoms with Crippen LogP contribution in [0.15, 0.2) is 39.5 Å². The Balaban J connectivity index is 2.32. The van der Waals surface area contributed by atoms with Crippen LogP contribution in [0.1, 0.15) is 17.2 Å². The van der Waals surface area contributed by atoms with Crippen LogP contribution in [-0.2, 0) is 0 Å². The van der Waals surface area contributed by atoms with Crippen molar-refractivity contribution >= 4 is 27.3 Å². The third-order valence-electron chi connectivity index (χ3n) is 2.57. The molecule has 0 bridgehead atoms. The van der Waals surface area contributed by atoms with E-state index in [1.807, 2.05) is 29.6 Å². The van der Waals surface area contributed by atoms with E-state index >= 15 is 0 Å². The molecule has 0 fully saturated rings. The predicted molar refractivity (Wildman–Crippen MR) is 74.2 cm³/mol. The molecular weight excluding hydrogens is 300 g/mol. The molecule has 5 heteroatoms. The van der Waals surface area contributed by atoms with E-state index in [9.17, 15) is 0 Å². The summed E-state index contributed by atoms with van der Waals surface area (Å²) in [6.07, 6.45) is 0. The average molecular weight is 313 g/mol. The molecule has 0 radical (unpaired) electrons. The highest BCUT2D eigenvalue weighted by Gasteiger charge is 2.15. The van der Waals surface area contributed by atoms with Gasteiger partial charge in [0.15, 0.2) is 0 Å². The van der Waals surface area contributed by atoms with Crippen molar-refractivity contribution in [3.8, 4) is 5.75 Å². The highest BCUT2D eigenvalue weighted by Crippen LogP contribution is 2.31. The first-order valence-corrected chi connectivity index (χ1v) is 6.81. The summed E-state index contributed by atoms with van der Waals surface area (Å²) in [5, 5.41) is 4.13. The van der Waals surface area contributed by atoms with E-state index in [2.05, 4.69) is 26.7 Å². The van der Waals surface area contributed by atoms with Gasteiger partial charge < -0.3 is 4.74 Å². The fourth-order valence-corrected chi connectivity index (χ4v) is 3.21. The zero-order valence-corrected chi connectivity index (χ0v) is 11.7. The molecule has 0 saturated heterocycles. The first-order chi connectivity index (χ1) is 8.26. The first kappa shape index (κ1) is 12.6. The Kier molecular flexibility index (Phi) is 4.17. The summed E-state index contributed by atoms with van der Waals surface area (Å²) >= 11 is 5.17. The first-order valence-electron chi connectivity index (χ1n) is 5.08. The van der Waals surface area contributed by atoms with Crippen molar-refractivity contribution in [1.82, 2.24) is 5.43 Å². The lowest BCUT2D eigenvalue weighted by Gasteiger charge is -2.16. The summed E-state index contributed by atoms with van der Waals surface area (Å²) in [5.74, 6) is 6.48. The molecule has 0 spiro atoms. The molecule has 1 unspecified atom stereocenters. The number of halogens is 1. The molecule has 3 nitrogen and oxygen atoms in total. The number of methoxy groups -OCH3 is 1. The molecule has 2 aromatic rings. The second-order valence-corrected chi connectivity index (χ2v) is 5.15. The lowest BCUT2D eigenvalue weighted by molar-refractivity contribution is 0.414. The maximum atomic E-state index is 5.64. The number of ether oxygens (including phenoxy) is 1. The quantitative estimate of drug-likeness (QED) is 0.674. The summed E-state index contributed by atoms with van der Waals surface area (Å²) in [6.45, 7) is 0. The number of thiophene rings is 1. The Morgan fingerprint density at radius 1 is 1.29 bits per heavy atom. The molecule has 0 aliphatic carbocycles. The van der Waals surface area contributed by atoms with E-state index < -0.39 is 0 Å². The van der Waals surface area contributed by atoms with Gasteiger partial charge in [-0.25, -0.2) is 5.43 Å². The van der Waals surface area contributed by atoms with Crippen LogP contribution in [0.4, 0.5) is 0 Å². The zero-order chi connectivity index (χ0) is 12.3. The summed E-state index contributed by atoms with van der Waals surface area (Å²) in [5.41, 5.74) is 5.08. The minimum atomic E-state index is -0.0125. The van der Waals surface area contributed by atoms with Gasteiger partial charge in [0.25, 0.3) is 0 Å².